The lowest BCUT2D eigenvalue weighted by atomic mass is 9.99. The standard InChI is InChI=1S/C25H25ClN2O2/c1-3-25(30)28(2)17-22-12-11-21(15-23(22)26)19-7-9-20(10-8-19)24(29)13-6-18-5-4-14-27-16-18/h4-5,7-12,14-16H,3,6,13,17H2,1-2H3. The summed E-state index contributed by atoms with van der Waals surface area (Å²) >= 11 is 6.46. The van der Waals surface area contributed by atoms with E-state index in [-0.39, 0.29) is 11.7 Å². The van der Waals surface area contributed by atoms with E-state index in [9.17, 15) is 9.59 Å². The molecule has 1 heterocycles. The molecule has 0 saturated heterocycles. The maximum absolute atomic E-state index is 12.5. The molecule has 4 nitrogen and oxygen atoms in total. The quantitative estimate of drug-likeness (QED) is 0.446. The fourth-order valence-electron chi connectivity index (χ4n) is 3.27. The van der Waals surface area contributed by atoms with Gasteiger partial charge in [0.15, 0.2) is 5.78 Å². The minimum absolute atomic E-state index is 0.0823. The topological polar surface area (TPSA) is 50.3 Å². The summed E-state index contributed by atoms with van der Waals surface area (Å²) in [6, 6.07) is 17.3. The first-order valence-electron chi connectivity index (χ1n) is 10.0. The van der Waals surface area contributed by atoms with Crippen molar-refractivity contribution in [2.24, 2.45) is 0 Å². The van der Waals surface area contributed by atoms with Gasteiger partial charge in [0.2, 0.25) is 5.91 Å². The number of benzene rings is 2. The van der Waals surface area contributed by atoms with E-state index in [4.69, 9.17) is 11.6 Å². The fourth-order valence-corrected chi connectivity index (χ4v) is 3.51. The van der Waals surface area contributed by atoms with Crippen LogP contribution in [0, 0.1) is 0 Å². The van der Waals surface area contributed by atoms with Crippen LogP contribution in [0.1, 0.15) is 41.3 Å². The molecular weight excluding hydrogens is 396 g/mol. The van der Waals surface area contributed by atoms with Gasteiger partial charge in [-0.1, -0.05) is 61.0 Å². The number of hydrogen-bond acceptors (Lipinski definition) is 3. The molecule has 2 aromatic carbocycles. The number of carbonyl (C=O) groups excluding carboxylic acids is 2. The van der Waals surface area contributed by atoms with Gasteiger partial charge in [0.25, 0.3) is 0 Å². The lowest BCUT2D eigenvalue weighted by Crippen LogP contribution is -2.25. The van der Waals surface area contributed by atoms with Crippen molar-refractivity contribution in [3.05, 3.63) is 88.7 Å². The number of ketones is 1. The number of aromatic nitrogens is 1. The lowest BCUT2D eigenvalue weighted by molar-refractivity contribution is -0.130. The highest BCUT2D eigenvalue weighted by atomic mass is 35.5. The van der Waals surface area contributed by atoms with Crippen LogP contribution in [0.25, 0.3) is 11.1 Å². The smallest absolute Gasteiger partial charge is 0.222 e. The van der Waals surface area contributed by atoms with Gasteiger partial charge >= 0.3 is 0 Å². The molecule has 0 atom stereocenters. The Morgan fingerprint density at radius 2 is 1.77 bits per heavy atom. The van der Waals surface area contributed by atoms with Gasteiger partial charge in [-0.2, -0.15) is 0 Å². The van der Waals surface area contributed by atoms with Crippen molar-refractivity contribution in [1.82, 2.24) is 9.88 Å². The van der Waals surface area contributed by atoms with Gasteiger partial charge in [-0.3, -0.25) is 14.6 Å². The second-order valence-corrected chi connectivity index (χ2v) is 7.68. The van der Waals surface area contributed by atoms with Crippen molar-refractivity contribution in [2.75, 3.05) is 7.05 Å². The number of nitrogens with zero attached hydrogens (tertiary/aromatic N) is 2. The largest absolute Gasteiger partial charge is 0.341 e. The summed E-state index contributed by atoms with van der Waals surface area (Å²) in [4.78, 5) is 30.0. The third-order valence-corrected chi connectivity index (χ3v) is 5.44. The maximum Gasteiger partial charge on any atom is 0.222 e. The Bertz CT molecular complexity index is 1020. The van der Waals surface area contributed by atoms with Gasteiger partial charge in [-0.25, -0.2) is 0 Å². The minimum atomic E-state index is 0.0823. The Hall–Kier alpha value is -2.98. The van der Waals surface area contributed by atoms with Gasteiger partial charge in [0.05, 0.1) is 0 Å². The molecule has 0 N–H and O–H groups in total. The first-order valence-corrected chi connectivity index (χ1v) is 10.4. The molecule has 5 heteroatoms. The first kappa shape index (κ1) is 21.7. The summed E-state index contributed by atoms with van der Waals surface area (Å²) < 4.78 is 0. The second kappa shape index (κ2) is 10.2. The number of aryl methyl sites for hydroxylation is 1. The molecule has 1 amide bonds. The third-order valence-electron chi connectivity index (χ3n) is 5.09. The molecule has 0 aliphatic rings. The first-order chi connectivity index (χ1) is 14.5. The number of carbonyl (C=O) groups is 2. The van der Waals surface area contributed by atoms with E-state index in [1.54, 1.807) is 24.3 Å². The van der Waals surface area contributed by atoms with Gasteiger partial charge in [0, 0.05) is 49.4 Å². The van der Waals surface area contributed by atoms with Crippen LogP contribution in [0.3, 0.4) is 0 Å². The summed E-state index contributed by atoms with van der Waals surface area (Å²) in [5.41, 5.74) is 4.63. The molecule has 0 saturated carbocycles. The van der Waals surface area contributed by atoms with E-state index in [2.05, 4.69) is 4.98 Å². The third kappa shape index (κ3) is 5.55. The van der Waals surface area contributed by atoms with Crippen LogP contribution in [-0.4, -0.2) is 28.6 Å². The summed E-state index contributed by atoms with van der Waals surface area (Å²) in [5, 5.41) is 0.625. The zero-order valence-corrected chi connectivity index (χ0v) is 18.0. The van der Waals surface area contributed by atoms with Crippen LogP contribution in [0.4, 0.5) is 0 Å². The molecule has 0 bridgehead atoms. The van der Waals surface area contributed by atoms with Crippen LogP contribution in [0.2, 0.25) is 5.02 Å². The number of rotatable bonds is 8. The molecule has 0 fully saturated rings. The zero-order chi connectivity index (χ0) is 21.5. The lowest BCUT2D eigenvalue weighted by Gasteiger charge is -2.17. The fraction of sp³-hybridized carbons (Fsp3) is 0.240. The molecule has 154 valence electrons. The van der Waals surface area contributed by atoms with Crippen molar-refractivity contribution in [1.29, 1.82) is 0 Å². The SMILES string of the molecule is CCC(=O)N(C)Cc1ccc(-c2ccc(C(=O)CCc3cccnc3)cc2)cc1Cl. The minimum Gasteiger partial charge on any atom is -0.341 e. The van der Waals surface area contributed by atoms with E-state index in [0.29, 0.717) is 36.4 Å². The molecule has 0 unspecified atom stereocenters. The Balaban J connectivity index is 1.66. The van der Waals surface area contributed by atoms with Crippen LogP contribution in [0.5, 0.6) is 0 Å². The summed E-state index contributed by atoms with van der Waals surface area (Å²) in [6.45, 7) is 2.33. The molecule has 0 aliphatic heterocycles. The molecule has 3 rings (SSSR count). The van der Waals surface area contributed by atoms with Crippen molar-refractivity contribution in [2.45, 2.75) is 32.7 Å². The Labute approximate surface area is 182 Å². The van der Waals surface area contributed by atoms with Crippen molar-refractivity contribution in [3.63, 3.8) is 0 Å². The Morgan fingerprint density at radius 3 is 2.40 bits per heavy atom. The maximum atomic E-state index is 12.5. The van der Waals surface area contributed by atoms with E-state index >= 15 is 0 Å². The average Bonchev–Trinajstić information content (AvgIpc) is 2.79. The molecule has 1 aromatic heterocycles. The number of Topliss-reactive ketones (excluding diaryl/α,β-unsaturated/α-hetero) is 1. The molecule has 30 heavy (non-hydrogen) atoms. The van der Waals surface area contributed by atoms with E-state index in [1.807, 2.05) is 61.5 Å². The normalized spacial score (nSPS) is 10.6. The molecule has 0 radical (unpaired) electrons. The van der Waals surface area contributed by atoms with Crippen LogP contribution in [-0.2, 0) is 17.8 Å². The van der Waals surface area contributed by atoms with Crippen molar-refractivity contribution >= 4 is 23.3 Å². The molecule has 0 aliphatic carbocycles. The van der Waals surface area contributed by atoms with Crippen LogP contribution in [0.15, 0.2) is 67.0 Å². The molecule has 3 aromatic rings. The monoisotopic (exact) mass is 420 g/mol. The Kier molecular flexibility index (Phi) is 7.36. The highest BCUT2D eigenvalue weighted by Crippen LogP contribution is 2.27. The van der Waals surface area contributed by atoms with Gasteiger partial charge in [0.1, 0.15) is 0 Å². The average molecular weight is 421 g/mol. The van der Waals surface area contributed by atoms with Gasteiger partial charge in [-0.05, 0) is 40.8 Å². The van der Waals surface area contributed by atoms with Gasteiger partial charge in [-0.15, -0.1) is 0 Å². The van der Waals surface area contributed by atoms with E-state index < -0.39 is 0 Å². The molecular formula is C25H25ClN2O2. The van der Waals surface area contributed by atoms with Gasteiger partial charge < -0.3 is 4.90 Å². The highest BCUT2D eigenvalue weighted by Gasteiger charge is 2.11. The number of hydrogen-bond donors (Lipinski definition) is 0. The van der Waals surface area contributed by atoms with E-state index in [1.165, 1.54) is 0 Å². The summed E-state index contributed by atoms with van der Waals surface area (Å²) in [7, 11) is 1.78. The van der Waals surface area contributed by atoms with Crippen molar-refractivity contribution < 1.29 is 9.59 Å². The van der Waals surface area contributed by atoms with E-state index in [0.717, 1.165) is 22.3 Å². The summed E-state index contributed by atoms with van der Waals surface area (Å²) in [5.74, 6) is 0.196. The highest BCUT2D eigenvalue weighted by molar-refractivity contribution is 6.31. The number of halogens is 1. The number of amides is 1. The van der Waals surface area contributed by atoms with Crippen LogP contribution < -0.4 is 0 Å². The zero-order valence-electron chi connectivity index (χ0n) is 17.3. The van der Waals surface area contributed by atoms with Crippen LogP contribution >= 0.6 is 11.6 Å². The number of pyridine rings is 1. The predicted octanol–water partition coefficient (Wildman–Crippen LogP) is 5.59. The predicted molar refractivity (Wildman–Crippen MR) is 121 cm³/mol. The second-order valence-electron chi connectivity index (χ2n) is 7.27. The Morgan fingerprint density at radius 1 is 1.03 bits per heavy atom. The molecule has 0 spiro atoms. The van der Waals surface area contributed by atoms with Crippen molar-refractivity contribution in [3.8, 4) is 11.1 Å². The summed E-state index contributed by atoms with van der Waals surface area (Å²) in [6.07, 6.45) is 5.13.